The zero-order chi connectivity index (χ0) is 18.9. The van der Waals surface area contributed by atoms with E-state index >= 15 is 0 Å². The van der Waals surface area contributed by atoms with Crippen LogP contribution in [-0.4, -0.2) is 32.7 Å². The lowest BCUT2D eigenvalue weighted by Crippen LogP contribution is -2.11. The Morgan fingerprint density at radius 3 is 1.72 bits per heavy atom. The van der Waals surface area contributed by atoms with Crippen LogP contribution in [0.4, 0.5) is 0 Å². The van der Waals surface area contributed by atoms with Gasteiger partial charge in [-0.05, 0) is 63.5 Å². The minimum Gasteiger partial charge on any atom is -0.329 e. The van der Waals surface area contributed by atoms with Gasteiger partial charge in [0.2, 0.25) is 6.49 Å². The summed E-state index contributed by atoms with van der Waals surface area (Å²) in [5, 5.41) is -0.759. The van der Waals surface area contributed by atoms with E-state index in [0.29, 0.717) is 13.2 Å². The quantitative estimate of drug-likeness (QED) is 0.298. The molecule has 0 saturated carbocycles. The predicted molar refractivity (Wildman–Crippen MR) is 109 cm³/mol. The summed E-state index contributed by atoms with van der Waals surface area (Å²) >= 11 is 7.40. The van der Waals surface area contributed by atoms with Crippen LogP contribution >= 0.6 is 25.8 Å². The molecule has 0 spiro atoms. The number of hydrogen-bond donors (Lipinski definition) is 0. The molecule has 0 bridgehead atoms. The van der Waals surface area contributed by atoms with Crippen LogP contribution in [0.15, 0.2) is 29.2 Å². The normalized spacial score (nSPS) is 13.8. The maximum Gasteiger partial charge on any atom is 0.347 e. The van der Waals surface area contributed by atoms with Gasteiger partial charge in [-0.3, -0.25) is 4.57 Å². The number of rotatable bonds is 12. The Bertz CT molecular complexity index is 559. The third-order valence-electron chi connectivity index (χ3n) is 3.25. The average Bonchev–Trinajstić information content (AvgIpc) is 2.56. The molecule has 1 aromatic rings. The summed E-state index contributed by atoms with van der Waals surface area (Å²) < 4.78 is 36.5. The van der Waals surface area contributed by atoms with Crippen molar-refractivity contribution in [3.8, 4) is 0 Å². The Labute approximate surface area is 160 Å². The van der Waals surface area contributed by atoms with Crippen molar-refractivity contribution in [2.24, 2.45) is 0 Å². The van der Waals surface area contributed by atoms with Crippen LogP contribution in [0, 0.1) is 0 Å². The molecule has 5 nitrogen and oxygen atoms in total. The van der Waals surface area contributed by atoms with Crippen molar-refractivity contribution >= 4 is 37.7 Å². The zero-order valence-corrected chi connectivity index (χ0v) is 18.9. The molecule has 1 rings (SSSR count). The molecule has 0 aliphatic carbocycles. The third-order valence-corrected chi connectivity index (χ3v) is 11.8. The van der Waals surface area contributed by atoms with Crippen LogP contribution in [0.2, 0.25) is 0 Å². The van der Waals surface area contributed by atoms with Crippen LogP contribution < -0.4 is 0 Å². The van der Waals surface area contributed by atoms with Crippen LogP contribution in [0.5, 0.6) is 0 Å². The van der Waals surface area contributed by atoms with Crippen molar-refractivity contribution in [3.63, 3.8) is 0 Å². The molecule has 0 radical (unpaired) electrons. The minimum absolute atomic E-state index is 0.254. The fourth-order valence-corrected chi connectivity index (χ4v) is 10.2. The highest BCUT2D eigenvalue weighted by atomic mass is 32.5. The highest BCUT2D eigenvalue weighted by Crippen LogP contribution is 2.78. The molecular formula is C16H28O5P2S2. The van der Waals surface area contributed by atoms with E-state index in [2.05, 4.69) is 0 Å². The van der Waals surface area contributed by atoms with Gasteiger partial charge in [-0.1, -0.05) is 12.1 Å². The van der Waals surface area contributed by atoms with Crippen molar-refractivity contribution in [1.29, 1.82) is 0 Å². The van der Waals surface area contributed by atoms with Gasteiger partial charge in [0, 0.05) is 4.90 Å². The van der Waals surface area contributed by atoms with E-state index in [1.165, 1.54) is 0 Å². The van der Waals surface area contributed by atoms with Crippen molar-refractivity contribution in [2.45, 2.75) is 38.0 Å². The largest absolute Gasteiger partial charge is 0.347 e. The molecule has 0 N–H and O–H groups in total. The van der Waals surface area contributed by atoms with Crippen LogP contribution in [0.1, 0.15) is 38.7 Å². The molecule has 9 heteroatoms. The topological polar surface area (TPSA) is 54.0 Å². The van der Waals surface area contributed by atoms with E-state index in [0.717, 1.165) is 10.5 Å². The molecule has 0 aromatic heterocycles. The summed E-state index contributed by atoms with van der Waals surface area (Å²) in [7, 11) is -3.57. The molecule has 1 unspecified atom stereocenters. The van der Waals surface area contributed by atoms with E-state index in [1.807, 2.05) is 44.4 Å². The lowest BCUT2D eigenvalue weighted by molar-refractivity contribution is 0.210. The van der Waals surface area contributed by atoms with Crippen molar-refractivity contribution in [2.75, 3.05) is 32.7 Å². The SMILES string of the molecule is CCOP(=O)(OCC)C(c1ccc(SC)cc1)P(=S)(OCC)OCC. The molecule has 25 heavy (non-hydrogen) atoms. The van der Waals surface area contributed by atoms with Gasteiger partial charge in [0.15, 0.2) is 5.40 Å². The van der Waals surface area contributed by atoms with Crippen LogP contribution in [0.3, 0.4) is 0 Å². The van der Waals surface area contributed by atoms with Gasteiger partial charge in [0.25, 0.3) is 0 Å². The molecule has 1 aromatic carbocycles. The molecule has 0 heterocycles. The minimum atomic E-state index is -3.57. The van der Waals surface area contributed by atoms with E-state index in [1.54, 1.807) is 25.6 Å². The monoisotopic (exact) mass is 426 g/mol. The molecule has 0 aliphatic rings. The molecular weight excluding hydrogens is 398 g/mol. The highest BCUT2D eigenvalue weighted by molar-refractivity contribution is 8.12. The zero-order valence-electron chi connectivity index (χ0n) is 15.5. The molecule has 0 amide bonds. The van der Waals surface area contributed by atoms with Crippen molar-refractivity contribution in [3.05, 3.63) is 29.8 Å². The van der Waals surface area contributed by atoms with Crippen LogP contribution in [0.25, 0.3) is 0 Å². The summed E-state index contributed by atoms with van der Waals surface area (Å²) in [5.74, 6) is 0. The molecule has 0 saturated heterocycles. The van der Waals surface area contributed by atoms with Gasteiger partial charge in [-0.25, -0.2) is 0 Å². The molecule has 0 aliphatic heterocycles. The molecule has 144 valence electrons. The Kier molecular flexibility index (Phi) is 10.5. The maximum atomic E-state index is 13.6. The Balaban J connectivity index is 3.52. The van der Waals surface area contributed by atoms with Gasteiger partial charge in [-0.2, -0.15) is 0 Å². The third kappa shape index (κ3) is 6.15. The molecule has 1 atom stereocenters. The first kappa shape index (κ1) is 23.3. The average molecular weight is 426 g/mol. The number of hydrogen-bond acceptors (Lipinski definition) is 7. The van der Waals surface area contributed by atoms with Crippen molar-refractivity contribution < 1.29 is 22.7 Å². The fraction of sp³-hybridized carbons (Fsp3) is 0.625. The summed E-state index contributed by atoms with van der Waals surface area (Å²) in [5.41, 5.74) is 0.758. The highest BCUT2D eigenvalue weighted by Gasteiger charge is 2.48. The summed E-state index contributed by atoms with van der Waals surface area (Å²) in [6.07, 6.45) is 2.00. The van der Waals surface area contributed by atoms with Crippen molar-refractivity contribution in [1.82, 2.24) is 0 Å². The Morgan fingerprint density at radius 1 is 0.920 bits per heavy atom. The van der Waals surface area contributed by atoms with Gasteiger partial charge in [-0.15, -0.1) is 11.8 Å². The first-order valence-electron chi connectivity index (χ1n) is 8.32. The Morgan fingerprint density at radius 2 is 1.36 bits per heavy atom. The Hall–Kier alpha value is 0.290. The lowest BCUT2D eigenvalue weighted by Gasteiger charge is -2.34. The lowest BCUT2D eigenvalue weighted by atomic mass is 10.2. The number of thioether (sulfide) groups is 1. The van der Waals surface area contributed by atoms with Gasteiger partial charge in [0.05, 0.1) is 26.4 Å². The second-order valence-corrected chi connectivity index (χ2v) is 11.9. The standard InChI is InChI=1S/C16H28O5P2S2/c1-6-18-22(17,19-7-2)16(23(24,20-8-3)21-9-4)14-10-12-15(25-5)13-11-14/h10-13,16H,6-9H2,1-5H3. The first-order valence-corrected chi connectivity index (χ1v) is 13.9. The first-order chi connectivity index (χ1) is 11.9. The smallest absolute Gasteiger partial charge is 0.329 e. The second-order valence-electron chi connectivity index (χ2n) is 4.90. The maximum absolute atomic E-state index is 13.6. The van der Waals surface area contributed by atoms with Crippen LogP contribution in [-0.2, 0) is 34.5 Å². The summed E-state index contributed by atoms with van der Waals surface area (Å²) in [6.45, 7) is 5.57. The van der Waals surface area contributed by atoms with Gasteiger partial charge >= 0.3 is 7.60 Å². The van der Waals surface area contributed by atoms with Gasteiger partial charge in [0.1, 0.15) is 0 Å². The number of benzene rings is 1. The fourth-order valence-electron chi connectivity index (χ4n) is 2.39. The van der Waals surface area contributed by atoms with E-state index in [9.17, 15) is 4.57 Å². The summed E-state index contributed by atoms with van der Waals surface area (Å²) in [4.78, 5) is 1.10. The van der Waals surface area contributed by atoms with Gasteiger partial charge < -0.3 is 18.1 Å². The van der Waals surface area contributed by atoms with E-state index in [-0.39, 0.29) is 13.2 Å². The molecule has 0 fully saturated rings. The second kappa shape index (κ2) is 11.2. The predicted octanol–water partition coefficient (Wildman–Crippen LogP) is 6.06. The van der Waals surface area contributed by atoms with E-state index < -0.39 is 19.5 Å². The van der Waals surface area contributed by atoms with E-state index in [4.69, 9.17) is 29.9 Å². The summed E-state index contributed by atoms with van der Waals surface area (Å²) in [6, 6.07) is 7.74.